The number of sulfonamides is 1. The van der Waals surface area contributed by atoms with E-state index in [0.717, 1.165) is 41.8 Å². The molecule has 0 radical (unpaired) electrons. The molecule has 0 spiro atoms. The van der Waals surface area contributed by atoms with Gasteiger partial charge in [0.15, 0.2) is 5.03 Å². The second kappa shape index (κ2) is 15.5. The van der Waals surface area contributed by atoms with Crippen LogP contribution in [0.15, 0.2) is 114 Å². The number of thiazole rings is 1. The highest BCUT2D eigenvalue weighted by Gasteiger charge is 2.27. The molecule has 5 aromatic rings. The van der Waals surface area contributed by atoms with E-state index in [1.165, 1.54) is 33.5 Å². The molecule has 11 heteroatoms. The van der Waals surface area contributed by atoms with Gasteiger partial charge >= 0.3 is 5.97 Å². The summed E-state index contributed by atoms with van der Waals surface area (Å²) >= 11 is 1.53. The van der Waals surface area contributed by atoms with Crippen molar-refractivity contribution in [2.24, 2.45) is 0 Å². The Balaban J connectivity index is 1.27. The van der Waals surface area contributed by atoms with Gasteiger partial charge in [0, 0.05) is 29.9 Å². The molecule has 0 aliphatic rings. The molecule has 0 amide bonds. The number of hydrogen-bond donors (Lipinski definition) is 2. The van der Waals surface area contributed by atoms with E-state index in [-0.39, 0.29) is 18.1 Å². The quantitative estimate of drug-likeness (QED) is 0.115. The molecule has 3 aromatic heterocycles. The van der Waals surface area contributed by atoms with E-state index < -0.39 is 22.0 Å². The van der Waals surface area contributed by atoms with Crippen molar-refractivity contribution in [1.82, 2.24) is 19.3 Å². The van der Waals surface area contributed by atoms with Gasteiger partial charge in [0.05, 0.1) is 12.2 Å². The third kappa shape index (κ3) is 9.04. The maximum atomic E-state index is 13.7. The van der Waals surface area contributed by atoms with Crippen LogP contribution in [-0.4, -0.2) is 44.8 Å². The first-order chi connectivity index (χ1) is 21.9. The number of aryl methyl sites for hydroxylation is 1. The highest BCUT2D eigenvalue weighted by atomic mass is 32.2. The Morgan fingerprint density at radius 2 is 1.62 bits per heavy atom. The molecule has 0 aliphatic carbocycles. The van der Waals surface area contributed by atoms with Gasteiger partial charge in [-0.3, -0.25) is 0 Å². The highest BCUT2D eigenvalue weighted by Crippen LogP contribution is 2.24. The number of hydrogen-bond acceptors (Lipinski definition) is 8. The Morgan fingerprint density at radius 1 is 0.822 bits per heavy atom. The summed E-state index contributed by atoms with van der Waals surface area (Å²) in [4.78, 5) is 25.1. The predicted octanol–water partition coefficient (Wildman–Crippen LogP) is 6.66. The number of rotatable bonds is 16. The van der Waals surface area contributed by atoms with Crippen LogP contribution in [0.2, 0.25) is 0 Å². The number of carbonyl (C=O) groups is 1. The fourth-order valence-electron chi connectivity index (χ4n) is 4.94. The minimum atomic E-state index is -3.98. The number of nitrogens with zero attached hydrogens (tertiary/aromatic N) is 4. The summed E-state index contributed by atoms with van der Waals surface area (Å²) in [7, 11) is -3.98. The van der Waals surface area contributed by atoms with Crippen LogP contribution in [0.4, 0.5) is 5.82 Å². The first kappa shape index (κ1) is 32.0. The predicted molar refractivity (Wildman–Crippen MR) is 176 cm³/mol. The normalized spacial score (nSPS) is 12.2. The van der Waals surface area contributed by atoms with E-state index in [0.29, 0.717) is 17.9 Å². The van der Waals surface area contributed by atoms with Gasteiger partial charge in [0.25, 0.3) is 10.0 Å². The zero-order valence-electron chi connectivity index (χ0n) is 24.7. The molecule has 9 nitrogen and oxygen atoms in total. The number of carboxylic acids is 1. The molecule has 2 aromatic carbocycles. The van der Waals surface area contributed by atoms with Crippen molar-refractivity contribution in [1.29, 1.82) is 0 Å². The van der Waals surface area contributed by atoms with Crippen molar-refractivity contribution in [3.8, 4) is 10.6 Å². The van der Waals surface area contributed by atoms with Gasteiger partial charge in [-0.2, -0.15) is 4.31 Å². The minimum Gasteiger partial charge on any atom is -0.480 e. The second-order valence-corrected chi connectivity index (χ2v) is 13.4. The van der Waals surface area contributed by atoms with Crippen LogP contribution in [0.1, 0.15) is 42.5 Å². The molecule has 2 N–H and O–H groups in total. The molecule has 232 valence electrons. The van der Waals surface area contributed by atoms with Crippen molar-refractivity contribution in [2.75, 3.05) is 5.32 Å². The SMILES string of the molecule is O=C(O)C(CCCCCc1ccccc1)Nc1cccc(CN(Cc2ccc(-c3nccs3)cc2)S(=O)(=O)c2ccccn2)n1. The number of benzene rings is 2. The summed E-state index contributed by atoms with van der Waals surface area (Å²) in [6.45, 7) is 0.0665. The molecule has 5 rings (SSSR count). The van der Waals surface area contributed by atoms with Crippen LogP contribution in [-0.2, 0) is 34.3 Å². The maximum Gasteiger partial charge on any atom is 0.326 e. The van der Waals surface area contributed by atoms with Crippen LogP contribution < -0.4 is 5.32 Å². The lowest BCUT2D eigenvalue weighted by Gasteiger charge is -2.22. The smallest absolute Gasteiger partial charge is 0.326 e. The lowest BCUT2D eigenvalue weighted by atomic mass is 10.0. The highest BCUT2D eigenvalue weighted by molar-refractivity contribution is 7.89. The van der Waals surface area contributed by atoms with Crippen LogP contribution in [0, 0.1) is 0 Å². The van der Waals surface area contributed by atoms with Crippen LogP contribution in [0.3, 0.4) is 0 Å². The van der Waals surface area contributed by atoms with Gasteiger partial charge in [-0.1, -0.05) is 79.6 Å². The van der Waals surface area contributed by atoms with E-state index in [1.807, 2.05) is 47.8 Å². The van der Waals surface area contributed by atoms with E-state index in [1.54, 1.807) is 36.5 Å². The number of pyridine rings is 2. The topological polar surface area (TPSA) is 125 Å². The van der Waals surface area contributed by atoms with Crippen LogP contribution in [0.5, 0.6) is 0 Å². The number of carboxylic acid groups (broad SMARTS) is 1. The first-order valence-corrected chi connectivity index (χ1v) is 17.1. The fraction of sp³-hybridized carbons (Fsp3) is 0.235. The Hall–Kier alpha value is -4.45. The number of anilines is 1. The average Bonchev–Trinajstić information content (AvgIpc) is 3.60. The molecule has 0 fully saturated rings. The van der Waals surface area contributed by atoms with Gasteiger partial charge in [-0.05, 0) is 54.7 Å². The molecule has 0 bridgehead atoms. The summed E-state index contributed by atoms with van der Waals surface area (Å²) in [5, 5.41) is 15.7. The molecular formula is C34H35N5O4S2. The van der Waals surface area contributed by atoms with Crippen LogP contribution in [0.25, 0.3) is 10.6 Å². The number of aliphatic carboxylic acids is 1. The zero-order chi connectivity index (χ0) is 31.5. The largest absolute Gasteiger partial charge is 0.480 e. The minimum absolute atomic E-state index is 0.0279. The van der Waals surface area contributed by atoms with E-state index >= 15 is 0 Å². The Bertz CT molecular complexity index is 1750. The summed E-state index contributed by atoms with van der Waals surface area (Å²) in [5.74, 6) is -0.571. The standard InChI is InChI=1S/C34H35N5O4S2/c40-34(41)30(14-6-2-5-12-26-10-3-1-4-11-26)38-31-15-9-13-29(37-31)25-39(45(42,43)32-16-7-8-21-35-32)24-27-17-19-28(20-18-27)33-36-22-23-44-33/h1,3-4,7-11,13,15-23,30H,2,5-6,12,14,24-25H2,(H,37,38)(H,40,41). The van der Waals surface area contributed by atoms with Gasteiger partial charge in [-0.15, -0.1) is 11.3 Å². The molecule has 1 unspecified atom stereocenters. The van der Waals surface area contributed by atoms with Crippen molar-refractivity contribution in [3.63, 3.8) is 0 Å². The number of nitrogens with one attached hydrogen (secondary N) is 1. The van der Waals surface area contributed by atoms with Crippen molar-refractivity contribution < 1.29 is 18.3 Å². The summed E-state index contributed by atoms with van der Waals surface area (Å²) < 4.78 is 28.8. The molecule has 45 heavy (non-hydrogen) atoms. The summed E-state index contributed by atoms with van der Waals surface area (Å²) in [6.07, 6.45) is 7.27. The van der Waals surface area contributed by atoms with Crippen LogP contribution >= 0.6 is 11.3 Å². The third-order valence-corrected chi connectivity index (χ3v) is 9.83. The molecule has 3 heterocycles. The molecule has 0 saturated heterocycles. The Kier molecular flexibility index (Phi) is 11.0. The Morgan fingerprint density at radius 3 is 2.33 bits per heavy atom. The zero-order valence-corrected chi connectivity index (χ0v) is 26.3. The van der Waals surface area contributed by atoms with Gasteiger partial charge in [0.1, 0.15) is 16.9 Å². The maximum absolute atomic E-state index is 13.7. The lowest BCUT2D eigenvalue weighted by molar-refractivity contribution is -0.138. The summed E-state index contributed by atoms with van der Waals surface area (Å²) in [6, 6.07) is 27.0. The monoisotopic (exact) mass is 641 g/mol. The first-order valence-electron chi connectivity index (χ1n) is 14.8. The Labute approximate surface area is 267 Å². The van der Waals surface area contributed by atoms with E-state index in [2.05, 4.69) is 32.4 Å². The number of unbranched alkanes of at least 4 members (excludes halogenated alkanes) is 2. The van der Waals surface area contributed by atoms with E-state index in [4.69, 9.17) is 0 Å². The molecule has 0 aliphatic heterocycles. The van der Waals surface area contributed by atoms with Crippen molar-refractivity contribution >= 4 is 33.1 Å². The van der Waals surface area contributed by atoms with Gasteiger partial charge in [0.2, 0.25) is 0 Å². The lowest BCUT2D eigenvalue weighted by Crippen LogP contribution is -2.32. The van der Waals surface area contributed by atoms with E-state index in [9.17, 15) is 18.3 Å². The fourth-order valence-corrected chi connectivity index (χ4v) is 6.92. The molecule has 1 atom stereocenters. The third-order valence-electron chi connectivity index (χ3n) is 7.30. The van der Waals surface area contributed by atoms with Crippen molar-refractivity contribution in [2.45, 2.75) is 56.3 Å². The summed E-state index contributed by atoms with van der Waals surface area (Å²) in [5.41, 5.74) is 3.50. The molecular weight excluding hydrogens is 607 g/mol. The second-order valence-electron chi connectivity index (χ2n) is 10.6. The number of aromatic nitrogens is 3. The van der Waals surface area contributed by atoms with Gasteiger partial charge in [-0.25, -0.2) is 28.2 Å². The molecule has 0 saturated carbocycles. The average molecular weight is 642 g/mol. The van der Waals surface area contributed by atoms with Crippen molar-refractivity contribution in [3.05, 3.63) is 126 Å². The van der Waals surface area contributed by atoms with Gasteiger partial charge < -0.3 is 10.4 Å².